The maximum Gasteiger partial charge on any atom is 0.416 e. The van der Waals surface area contributed by atoms with Gasteiger partial charge in [0.1, 0.15) is 6.10 Å². The van der Waals surface area contributed by atoms with E-state index in [9.17, 15) is 18.3 Å². The molecule has 4 nitrogen and oxygen atoms in total. The van der Waals surface area contributed by atoms with Crippen molar-refractivity contribution in [3.63, 3.8) is 0 Å². The summed E-state index contributed by atoms with van der Waals surface area (Å²) in [6, 6.07) is 31.5. The van der Waals surface area contributed by atoms with Gasteiger partial charge in [-0.15, -0.1) is 11.3 Å². The number of thiophene rings is 1. The lowest BCUT2D eigenvalue weighted by atomic mass is 9.84. The summed E-state index contributed by atoms with van der Waals surface area (Å²) in [6.45, 7) is 3.98. The standard InChI is InChI=1S/C38H37F3O4S/c1-3-30-22-34(43-23-26-12-6-4-7-13-26)36(44-24-27-14-8-5-9-15-27)37(42,45-30)32-21-29(33(18-25(32)2)38(39,40)41)20-31-19-28-16-10-11-17-35(28)46-31/h4-19,21,30,34,36,42H,3,20,22-24H2,1-2H3/t30-,34+,36-,37+/m1/s1. The van der Waals surface area contributed by atoms with Gasteiger partial charge < -0.3 is 19.3 Å². The summed E-state index contributed by atoms with van der Waals surface area (Å²) < 4.78 is 63.8. The first kappa shape index (κ1) is 32.4. The molecule has 0 amide bonds. The Labute approximate surface area is 271 Å². The second-order valence-corrected chi connectivity index (χ2v) is 13.1. The number of benzene rings is 4. The fraction of sp³-hybridized carbons (Fsp3) is 0.316. The van der Waals surface area contributed by atoms with Crippen molar-refractivity contribution in [3.8, 4) is 0 Å². The van der Waals surface area contributed by atoms with Crippen LogP contribution in [0.2, 0.25) is 0 Å². The van der Waals surface area contributed by atoms with Crippen LogP contribution in [0.25, 0.3) is 10.1 Å². The van der Waals surface area contributed by atoms with E-state index in [2.05, 4.69) is 0 Å². The normalized spacial score (nSPS) is 21.9. The molecule has 2 heterocycles. The number of rotatable bonds is 10. The van der Waals surface area contributed by atoms with Gasteiger partial charge in [0.2, 0.25) is 5.79 Å². The number of hydrogen-bond acceptors (Lipinski definition) is 5. The van der Waals surface area contributed by atoms with Gasteiger partial charge in [0.25, 0.3) is 0 Å². The van der Waals surface area contributed by atoms with Gasteiger partial charge in [-0.25, -0.2) is 0 Å². The third-order valence-corrected chi connectivity index (χ3v) is 9.70. The fourth-order valence-electron chi connectivity index (χ4n) is 6.24. The van der Waals surface area contributed by atoms with Crippen molar-refractivity contribution in [3.05, 3.63) is 141 Å². The second kappa shape index (κ2) is 13.7. The largest absolute Gasteiger partial charge is 0.416 e. The van der Waals surface area contributed by atoms with Gasteiger partial charge in [-0.1, -0.05) is 85.8 Å². The van der Waals surface area contributed by atoms with E-state index in [1.54, 1.807) is 6.92 Å². The predicted octanol–water partition coefficient (Wildman–Crippen LogP) is 9.33. The number of aliphatic hydroxyl groups is 1. The lowest BCUT2D eigenvalue weighted by Crippen LogP contribution is -2.58. The van der Waals surface area contributed by atoms with Crippen LogP contribution in [-0.4, -0.2) is 23.4 Å². The summed E-state index contributed by atoms with van der Waals surface area (Å²) in [7, 11) is 0. The molecule has 0 aliphatic carbocycles. The topological polar surface area (TPSA) is 47.9 Å². The van der Waals surface area contributed by atoms with E-state index in [0.717, 1.165) is 32.2 Å². The maximum absolute atomic E-state index is 14.5. The smallest absolute Gasteiger partial charge is 0.371 e. The highest BCUT2D eigenvalue weighted by Crippen LogP contribution is 2.45. The number of alkyl halides is 3. The number of ether oxygens (including phenoxy) is 3. The molecule has 0 radical (unpaired) electrons. The average Bonchev–Trinajstić information content (AvgIpc) is 3.46. The van der Waals surface area contributed by atoms with E-state index < -0.39 is 35.8 Å². The van der Waals surface area contributed by atoms with Crippen molar-refractivity contribution in [2.75, 3.05) is 0 Å². The van der Waals surface area contributed by atoms with Crippen LogP contribution in [0, 0.1) is 6.92 Å². The minimum Gasteiger partial charge on any atom is -0.371 e. The molecule has 1 N–H and O–H groups in total. The van der Waals surface area contributed by atoms with Gasteiger partial charge in [-0.2, -0.15) is 13.2 Å². The number of hydrogen-bond donors (Lipinski definition) is 1. The zero-order chi connectivity index (χ0) is 32.3. The minimum absolute atomic E-state index is 0.0538. The quantitative estimate of drug-likeness (QED) is 0.164. The molecule has 0 unspecified atom stereocenters. The van der Waals surface area contributed by atoms with Crippen molar-refractivity contribution in [2.45, 2.75) is 76.6 Å². The van der Waals surface area contributed by atoms with Crippen molar-refractivity contribution >= 4 is 21.4 Å². The first-order valence-corrected chi connectivity index (χ1v) is 16.4. The van der Waals surface area contributed by atoms with Crippen LogP contribution in [-0.2, 0) is 45.8 Å². The van der Waals surface area contributed by atoms with Crippen molar-refractivity contribution in [1.82, 2.24) is 0 Å². The minimum atomic E-state index is -4.58. The van der Waals surface area contributed by atoms with E-state index in [4.69, 9.17) is 14.2 Å². The van der Waals surface area contributed by atoms with E-state index >= 15 is 0 Å². The summed E-state index contributed by atoms with van der Waals surface area (Å²) >= 11 is 1.47. The third kappa shape index (κ3) is 7.06. The molecule has 0 saturated carbocycles. The molecule has 0 spiro atoms. The van der Waals surface area contributed by atoms with E-state index in [1.807, 2.05) is 97.9 Å². The lowest BCUT2D eigenvalue weighted by molar-refractivity contribution is -0.347. The highest BCUT2D eigenvalue weighted by Gasteiger charge is 2.53. The third-order valence-electron chi connectivity index (χ3n) is 8.58. The molecule has 6 rings (SSSR count). The molecule has 1 aliphatic rings. The highest BCUT2D eigenvalue weighted by molar-refractivity contribution is 7.19. The fourth-order valence-corrected chi connectivity index (χ4v) is 7.33. The van der Waals surface area contributed by atoms with E-state index in [0.29, 0.717) is 12.8 Å². The predicted molar refractivity (Wildman–Crippen MR) is 175 cm³/mol. The molecule has 0 bridgehead atoms. The SMILES string of the molecule is CC[C@@H]1C[C@H](OCc2ccccc2)[C@@H](OCc2ccccc2)[C@](O)(c2cc(Cc3cc4ccccc4s3)c(C(F)(F)F)cc2C)O1. The van der Waals surface area contributed by atoms with Crippen molar-refractivity contribution < 1.29 is 32.5 Å². The van der Waals surface area contributed by atoms with Crippen LogP contribution in [0.15, 0.2) is 103 Å². The lowest BCUT2D eigenvalue weighted by Gasteiger charge is -2.47. The molecule has 8 heteroatoms. The molecule has 240 valence electrons. The maximum atomic E-state index is 14.5. The van der Waals surface area contributed by atoms with Crippen LogP contribution >= 0.6 is 11.3 Å². The highest BCUT2D eigenvalue weighted by atomic mass is 32.1. The molecule has 4 atom stereocenters. The van der Waals surface area contributed by atoms with Gasteiger partial charge in [-0.3, -0.25) is 0 Å². The molecule has 4 aromatic carbocycles. The summed E-state index contributed by atoms with van der Waals surface area (Å²) in [4.78, 5) is 0.797. The number of halogens is 3. The Morgan fingerprint density at radius 1 is 0.870 bits per heavy atom. The average molecular weight is 647 g/mol. The molecular formula is C38H37F3O4S. The second-order valence-electron chi connectivity index (χ2n) is 11.9. The summed E-state index contributed by atoms with van der Waals surface area (Å²) in [5, 5.41) is 13.6. The van der Waals surface area contributed by atoms with Crippen LogP contribution in [0.4, 0.5) is 13.2 Å². The van der Waals surface area contributed by atoms with Gasteiger partial charge in [-0.05, 0) is 65.3 Å². The number of fused-ring (bicyclic) bond motifs is 1. The van der Waals surface area contributed by atoms with E-state index in [1.165, 1.54) is 17.4 Å². The van der Waals surface area contributed by atoms with Gasteiger partial charge >= 0.3 is 6.18 Å². The molecule has 1 fully saturated rings. The number of aryl methyl sites for hydroxylation is 1. The first-order valence-electron chi connectivity index (χ1n) is 15.5. The Kier molecular flexibility index (Phi) is 9.64. The molecular weight excluding hydrogens is 609 g/mol. The summed E-state index contributed by atoms with van der Waals surface area (Å²) in [5.74, 6) is -2.07. The molecule has 5 aromatic rings. The molecule has 1 aliphatic heterocycles. The van der Waals surface area contributed by atoms with Gasteiger partial charge in [0.05, 0.1) is 31.0 Å². The summed E-state index contributed by atoms with van der Waals surface area (Å²) in [5.41, 5.74) is 1.71. The van der Waals surface area contributed by atoms with Gasteiger partial charge in [0, 0.05) is 28.0 Å². The Hall–Kier alpha value is -3.53. The first-order chi connectivity index (χ1) is 22.1. The molecule has 1 aromatic heterocycles. The zero-order valence-electron chi connectivity index (χ0n) is 25.8. The Morgan fingerprint density at radius 3 is 2.13 bits per heavy atom. The van der Waals surface area contributed by atoms with Crippen molar-refractivity contribution in [2.24, 2.45) is 0 Å². The molecule has 1 saturated heterocycles. The summed E-state index contributed by atoms with van der Waals surface area (Å²) in [6.07, 6.45) is -5.52. The van der Waals surface area contributed by atoms with Gasteiger partial charge in [0.15, 0.2) is 0 Å². The Morgan fingerprint density at radius 2 is 1.50 bits per heavy atom. The van der Waals surface area contributed by atoms with Crippen LogP contribution in [0.5, 0.6) is 0 Å². The van der Waals surface area contributed by atoms with Crippen LogP contribution in [0.3, 0.4) is 0 Å². The zero-order valence-corrected chi connectivity index (χ0v) is 26.6. The van der Waals surface area contributed by atoms with Crippen LogP contribution < -0.4 is 0 Å². The van der Waals surface area contributed by atoms with E-state index in [-0.39, 0.29) is 36.3 Å². The van der Waals surface area contributed by atoms with Crippen molar-refractivity contribution in [1.29, 1.82) is 0 Å². The Balaban J connectivity index is 1.42. The monoisotopic (exact) mass is 646 g/mol. The molecule has 46 heavy (non-hydrogen) atoms. The Bertz CT molecular complexity index is 1720. The van der Waals surface area contributed by atoms with Crippen LogP contribution in [0.1, 0.15) is 58.0 Å².